The van der Waals surface area contributed by atoms with E-state index >= 15 is 8.78 Å². The van der Waals surface area contributed by atoms with Crippen LogP contribution in [0.4, 0.5) is 8.78 Å². The summed E-state index contributed by atoms with van der Waals surface area (Å²) in [7, 11) is 0. The number of hydrogen-bond donors (Lipinski definition) is 1. The number of rotatable bonds is 3. The molecular weight excluding hydrogens is 514 g/mol. The number of hydrogen-bond acceptors (Lipinski definition) is 4. The molecule has 4 rings (SSSR count). The Morgan fingerprint density at radius 1 is 1.21 bits per heavy atom. The first-order chi connectivity index (χ1) is 15.2. The number of fused-ring (bicyclic) bond motifs is 1. The number of esters is 1. The normalized spacial score (nSPS) is 29.3. The van der Waals surface area contributed by atoms with Gasteiger partial charge < -0.3 is 10.5 Å². The fourth-order valence-corrected chi connectivity index (χ4v) is 6.14. The zero-order valence-corrected chi connectivity index (χ0v) is 21.6. The van der Waals surface area contributed by atoms with E-state index in [0.29, 0.717) is 6.42 Å². The predicted molar refractivity (Wildman–Crippen MR) is 128 cm³/mol. The molecule has 178 valence electrons. The van der Waals surface area contributed by atoms with Crippen molar-refractivity contribution in [3.05, 3.63) is 68.7 Å². The Labute approximate surface area is 206 Å². The van der Waals surface area contributed by atoms with Gasteiger partial charge in [0.15, 0.2) is 5.72 Å². The Balaban J connectivity index is 2.06. The van der Waals surface area contributed by atoms with Gasteiger partial charge in [0.2, 0.25) is 0 Å². The number of halogens is 4. The van der Waals surface area contributed by atoms with Gasteiger partial charge in [-0.3, -0.25) is 4.79 Å². The van der Waals surface area contributed by atoms with Gasteiger partial charge in [-0.15, -0.1) is 0 Å². The highest BCUT2D eigenvalue weighted by molar-refractivity contribution is 9.10. The quantitative estimate of drug-likeness (QED) is 0.477. The summed E-state index contributed by atoms with van der Waals surface area (Å²) in [5.74, 6) is -2.51. The van der Waals surface area contributed by atoms with E-state index in [-0.39, 0.29) is 26.0 Å². The highest BCUT2D eigenvalue weighted by Gasteiger charge is 2.69. The molecule has 0 bridgehead atoms. The molecule has 33 heavy (non-hydrogen) atoms. The summed E-state index contributed by atoms with van der Waals surface area (Å²) < 4.78 is 37.0. The van der Waals surface area contributed by atoms with Crippen molar-refractivity contribution < 1.29 is 18.3 Å². The summed E-state index contributed by atoms with van der Waals surface area (Å²) in [6, 6.07) is 7.81. The lowest BCUT2D eigenvalue weighted by molar-refractivity contribution is -0.152. The Morgan fingerprint density at radius 2 is 1.88 bits per heavy atom. The number of nitrogens with two attached hydrogens (primary N) is 1. The molecule has 0 radical (unpaired) electrons. The molecule has 2 saturated heterocycles. The van der Waals surface area contributed by atoms with Gasteiger partial charge in [0.25, 0.3) is 0 Å². The topological polar surface area (TPSA) is 55.6 Å². The Kier molecular flexibility index (Phi) is 5.96. The summed E-state index contributed by atoms with van der Waals surface area (Å²) in [4.78, 5) is 15.2. The molecule has 0 spiro atoms. The molecule has 2 aromatic carbocycles. The summed E-state index contributed by atoms with van der Waals surface area (Å²) in [5.41, 5.74) is 5.01. The van der Waals surface area contributed by atoms with Crippen LogP contribution in [0.3, 0.4) is 0 Å². The molecule has 8 heteroatoms. The molecule has 4 nitrogen and oxygen atoms in total. The van der Waals surface area contributed by atoms with E-state index in [0.717, 1.165) is 0 Å². The molecule has 2 heterocycles. The molecule has 2 aromatic rings. The molecule has 2 aliphatic rings. The van der Waals surface area contributed by atoms with E-state index in [1.807, 2.05) is 4.90 Å². The number of carbonyl (C=O) groups is 1. The van der Waals surface area contributed by atoms with E-state index in [4.69, 9.17) is 22.1 Å². The van der Waals surface area contributed by atoms with Crippen LogP contribution in [0, 0.1) is 17.0 Å². The van der Waals surface area contributed by atoms with Gasteiger partial charge in [-0.1, -0.05) is 50.6 Å². The van der Waals surface area contributed by atoms with Gasteiger partial charge in [-0.05, 0) is 65.4 Å². The second kappa shape index (κ2) is 8.01. The zero-order chi connectivity index (χ0) is 24.5. The van der Waals surface area contributed by atoms with Crippen LogP contribution >= 0.6 is 27.5 Å². The highest BCUT2D eigenvalue weighted by atomic mass is 79.9. The number of carbonyl (C=O) groups excluding carboxylic acids is 1. The van der Waals surface area contributed by atoms with Crippen LogP contribution in [-0.4, -0.2) is 28.7 Å². The third-order valence-electron chi connectivity index (χ3n) is 6.75. The number of ether oxygens (including phenoxy) is 1. The van der Waals surface area contributed by atoms with Crippen molar-refractivity contribution in [1.82, 2.24) is 4.90 Å². The van der Waals surface area contributed by atoms with E-state index in [1.54, 1.807) is 44.2 Å². The monoisotopic (exact) mass is 540 g/mol. The molecule has 0 amide bonds. The van der Waals surface area contributed by atoms with Crippen LogP contribution < -0.4 is 5.73 Å². The largest absolute Gasteiger partial charge is 0.443 e. The van der Waals surface area contributed by atoms with Crippen molar-refractivity contribution in [3.8, 4) is 0 Å². The van der Waals surface area contributed by atoms with Gasteiger partial charge in [0, 0.05) is 22.5 Å². The summed E-state index contributed by atoms with van der Waals surface area (Å²) in [5, 5.41) is 0.232. The fourth-order valence-electron chi connectivity index (χ4n) is 5.60. The Morgan fingerprint density at radius 3 is 2.48 bits per heavy atom. The maximum atomic E-state index is 15.5. The van der Waals surface area contributed by atoms with Crippen molar-refractivity contribution in [3.63, 3.8) is 0 Å². The fraction of sp³-hybridized carbons (Fsp3) is 0.480. The molecule has 0 unspecified atom stereocenters. The maximum Gasteiger partial charge on any atom is 0.325 e. The first kappa shape index (κ1) is 24.6. The second-order valence-electron chi connectivity index (χ2n) is 10.7. The standard InChI is InChI=1S/C25H28BrClF2N2O2/c1-23(2,3)12-18-25(30,15-10-9-13(27)11-17(15)28)19(14-7-6-8-16(26)20(14)29)21-22(32)33-24(4,5)31(18)21/h6-11,18-19,21H,12,30H2,1-5H3/t18-,19-,21+,25+/m0/s1. The molecule has 2 fully saturated rings. The Bertz CT molecular complexity index is 1120. The molecule has 0 aromatic heterocycles. The van der Waals surface area contributed by atoms with Gasteiger partial charge >= 0.3 is 5.97 Å². The smallest absolute Gasteiger partial charge is 0.325 e. The summed E-state index contributed by atoms with van der Waals surface area (Å²) >= 11 is 9.29. The average Bonchev–Trinajstić information content (AvgIpc) is 3.06. The second-order valence-corrected chi connectivity index (χ2v) is 12.0. The summed E-state index contributed by atoms with van der Waals surface area (Å²) in [6.45, 7) is 9.75. The van der Waals surface area contributed by atoms with Gasteiger partial charge in [-0.2, -0.15) is 0 Å². The van der Waals surface area contributed by atoms with Crippen molar-refractivity contribution in [1.29, 1.82) is 0 Å². The van der Waals surface area contributed by atoms with Crippen LogP contribution in [-0.2, 0) is 15.1 Å². The van der Waals surface area contributed by atoms with Crippen LogP contribution in [0.1, 0.15) is 58.1 Å². The lowest BCUT2D eigenvalue weighted by Gasteiger charge is -2.44. The first-order valence-corrected chi connectivity index (χ1v) is 12.0. The van der Waals surface area contributed by atoms with Gasteiger partial charge in [0.05, 0.1) is 10.0 Å². The minimum atomic E-state index is -1.44. The Hall–Kier alpha value is -1.54. The SMILES string of the molecule is CC(C)(C)C[C@@H]1N2[C@@H](C(=O)OC2(C)C)[C@H](c2cccc(Br)c2F)[C@@]1(N)c1ccc(Cl)cc1F. The van der Waals surface area contributed by atoms with Crippen molar-refractivity contribution in [2.24, 2.45) is 11.1 Å². The minimum absolute atomic E-state index is 0.198. The van der Waals surface area contributed by atoms with Crippen LogP contribution in [0.2, 0.25) is 5.02 Å². The van der Waals surface area contributed by atoms with E-state index in [2.05, 4.69) is 36.7 Å². The van der Waals surface area contributed by atoms with Crippen molar-refractivity contribution in [2.75, 3.05) is 0 Å². The third kappa shape index (κ3) is 3.91. The van der Waals surface area contributed by atoms with Crippen molar-refractivity contribution >= 4 is 33.5 Å². The van der Waals surface area contributed by atoms with E-state index < -0.39 is 46.9 Å². The van der Waals surface area contributed by atoms with E-state index in [9.17, 15) is 4.79 Å². The zero-order valence-electron chi connectivity index (χ0n) is 19.3. The third-order valence-corrected chi connectivity index (χ3v) is 7.60. The molecular formula is C25H28BrClF2N2O2. The van der Waals surface area contributed by atoms with Crippen LogP contribution in [0.15, 0.2) is 40.9 Å². The predicted octanol–water partition coefficient (Wildman–Crippen LogP) is 6.10. The van der Waals surface area contributed by atoms with Crippen LogP contribution in [0.5, 0.6) is 0 Å². The number of cyclic esters (lactones) is 1. The molecule has 2 N–H and O–H groups in total. The molecule has 4 atom stereocenters. The average molecular weight is 542 g/mol. The first-order valence-electron chi connectivity index (χ1n) is 10.9. The lowest BCUT2D eigenvalue weighted by Crippen LogP contribution is -2.57. The van der Waals surface area contributed by atoms with Gasteiger partial charge in [-0.25, -0.2) is 13.7 Å². The van der Waals surface area contributed by atoms with Crippen molar-refractivity contribution in [2.45, 2.75) is 70.3 Å². The highest BCUT2D eigenvalue weighted by Crippen LogP contribution is 2.58. The molecule has 0 aliphatic carbocycles. The lowest BCUT2D eigenvalue weighted by atomic mass is 9.68. The maximum absolute atomic E-state index is 15.5. The molecule has 0 saturated carbocycles. The summed E-state index contributed by atoms with van der Waals surface area (Å²) in [6.07, 6.45) is 0.522. The number of nitrogens with zero attached hydrogens (tertiary/aromatic N) is 1. The molecule has 2 aliphatic heterocycles. The van der Waals surface area contributed by atoms with Crippen LogP contribution in [0.25, 0.3) is 0 Å². The number of benzene rings is 2. The minimum Gasteiger partial charge on any atom is -0.443 e. The van der Waals surface area contributed by atoms with E-state index in [1.165, 1.54) is 6.07 Å². The van der Waals surface area contributed by atoms with Gasteiger partial charge in [0.1, 0.15) is 17.7 Å².